The SMILES string of the molecule is CCOC(=O)C(C)CCCCI. The first kappa shape index (κ1) is 12.2. The third kappa shape index (κ3) is 5.80. The number of halogens is 1. The van der Waals surface area contributed by atoms with Crippen LogP contribution in [0.25, 0.3) is 0 Å². The van der Waals surface area contributed by atoms with E-state index in [4.69, 9.17) is 4.74 Å². The predicted molar refractivity (Wildman–Crippen MR) is 58.5 cm³/mol. The van der Waals surface area contributed by atoms with Crippen LogP contribution in [0.4, 0.5) is 0 Å². The number of carbonyl (C=O) groups is 1. The summed E-state index contributed by atoms with van der Waals surface area (Å²) in [5, 5.41) is 0. The lowest BCUT2D eigenvalue weighted by atomic mass is 10.1. The molecule has 12 heavy (non-hydrogen) atoms. The monoisotopic (exact) mass is 284 g/mol. The Morgan fingerprint density at radius 2 is 2.17 bits per heavy atom. The van der Waals surface area contributed by atoms with Gasteiger partial charge in [-0.3, -0.25) is 4.79 Å². The van der Waals surface area contributed by atoms with Crippen molar-refractivity contribution in [3.63, 3.8) is 0 Å². The average Bonchev–Trinajstić information content (AvgIpc) is 2.05. The number of rotatable bonds is 6. The molecule has 0 bridgehead atoms. The number of hydrogen-bond donors (Lipinski definition) is 0. The van der Waals surface area contributed by atoms with Crippen molar-refractivity contribution in [2.45, 2.75) is 33.1 Å². The molecule has 0 aromatic carbocycles. The molecule has 0 aliphatic rings. The van der Waals surface area contributed by atoms with Crippen molar-refractivity contribution >= 4 is 28.6 Å². The van der Waals surface area contributed by atoms with Crippen LogP contribution in [0, 0.1) is 5.92 Å². The zero-order chi connectivity index (χ0) is 9.40. The highest BCUT2D eigenvalue weighted by Gasteiger charge is 2.12. The minimum atomic E-state index is -0.0500. The van der Waals surface area contributed by atoms with Gasteiger partial charge in [-0.2, -0.15) is 0 Å². The minimum absolute atomic E-state index is 0.0500. The summed E-state index contributed by atoms with van der Waals surface area (Å²) >= 11 is 2.35. The lowest BCUT2D eigenvalue weighted by molar-refractivity contribution is -0.147. The zero-order valence-electron chi connectivity index (χ0n) is 7.81. The molecule has 0 rings (SSSR count). The highest BCUT2D eigenvalue weighted by molar-refractivity contribution is 14.1. The smallest absolute Gasteiger partial charge is 0.308 e. The molecule has 0 radical (unpaired) electrons. The van der Waals surface area contributed by atoms with Crippen molar-refractivity contribution < 1.29 is 9.53 Å². The molecule has 0 aliphatic heterocycles. The van der Waals surface area contributed by atoms with Gasteiger partial charge in [0.15, 0.2) is 0 Å². The van der Waals surface area contributed by atoms with Crippen LogP contribution in [-0.4, -0.2) is 17.0 Å². The van der Waals surface area contributed by atoms with Crippen LogP contribution >= 0.6 is 22.6 Å². The van der Waals surface area contributed by atoms with Gasteiger partial charge in [-0.25, -0.2) is 0 Å². The second-order valence-electron chi connectivity index (χ2n) is 2.84. The largest absolute Gasteiger partial charge is 0.466 e. The highest BCUT2D eigenvalue weighted by Crippen LogP contribution is 2.10. The third-order valence-electron chi connectivity index (χ3n) is 1.71. The molecule has 72 valence electrons. The molecule has 0 aliphatic carbocycles. The number of ether oxygens (including phenoxy) is 1. The van der Waals surface area contributed by atoms with Crippen molar-refractivity contribution in [1.82, 2.24) is 0 Å². The maximum atomic E-state index is 11.1. The Morgan fingerprint density at radius 1 is 1.50 bits per heavy atom. The van der Waals surface area contributed by atoms with Gasteiger partial charge in [0.05, 0.1) is 12.5 Å². The summed E-state index contributed by atoms with van der Waals surface area (Å²) in [6.45, 7) is 4.27. The van der Waals surface area contributed by atoms with E-state index in [9.17, 15) is 4.79 Å². The van der Waals surface area contributed by atoms with Gasteiger partial charge >= 0.3 is 5.97 Å². The first-order valence-corrected chi connectivity index (χ1v) is 5.97. The van der Waals surface area contributed by atoms with E-state index in [1.807, 2.05) is 13.8 Å². The fourth-order valence-corrected chi connectivity index (χ4v) is 1.49. The van der Waals surface area contributed by atoms with Crippen LogP contribution in [0.1, 0.15) is 33.1 Å². The molecule has 1 atom stereocenters. The lowest BCUT2D eigenvalue weighted by Crippen LogP contribution is -2.14. The Bertz CT molecular complexity index is 126. The molecule has 0 spiro atoms. The van der Waals surface area contributed by atoms with E-state index in [0.717, 1.165) is 12.8 Å². The first-order valence-electron chi connectivity index (χ1n) is 4.45. The Labute approximate surface area is 88.2 Å². The standard InChI is InChI=1S/C9H17IO2/c1-3-12-9(11)8(2)6-4-5-7-10/h8H,3-7H2,1-2H3. The summed E-state index contributed by atoms with van der Waals surface area (Å²) in [5.74, 6) is 0.0267. The van der Waals surface area contributed by atoms with Crippen molar-refractivity contribution in [2.75, 3.05) is 11.0 Å². The molecule has 0 heterocycles. The summed E-state index contributed by atoms with van der Waals surface area (Å²) in [6.07, 6.45) is 3.29. The summed E-state index contributed by atoms with van der Waals surface area (Å²) in [5.41, 5.74) is 0. The van der Waals surface area contributed by atoms with Gasteiger partial charge in [0, 0.05) is 0 Å². The van der Waals surface area contributed by atoms with Crippen LogP contribution in [-0.2, 0) is 9.53 Å². The van der Waals surface area contributed by atoms with E-state index < -0.39 is 0 Å². The maximum Gasteiger partial charge on any atom is 0.308 e. The normalized spacial score (nSPS) is 12.6. The molecule has 0 aromatic rings. The van der Waals surface area contributed by atoms with E-state index in [2.05, 4.69) is 22.6 Å². The fourth-order valence-electron chi connectivity index (χ4n) is 0.947. The quantitative estimate of drug-likeness (QED) is 0.324. The Balaban J connectivity index is 3.42. The lowest BCUT2D eigenvalue weighted by Gasteiger charge is -2.08. The zero-order valence-corrected chi connectivity index (χ0v) is 9.96. The van der Waals surface area contributed by atoms with Crippen LogP contribution in [0.5, 0.6) is 0 Å². The molecule has 0 aromatic heterocycles. The molecule has 1 unspecified atom stereocenters. The van der Waals surface area contributed by atoms with Gasteiger partial charge in [0.25, 0.3) is 0 Å². The van der Waals surface area contributed by atoms with E-state index >= 15 is 0 Å². The molecule has 0 fully saturated rings. The molecule has 2 nitrogen and oxygen atoms in total. The summed E-state index contributed by atoms with van der Waals surface area (Å²) < 4.78 is 6.07. The van der Waals surface area contributed by atoms with Gasteiger partial charge in [-0.15, -0.1) is 0 Å². The Morgan fingerprint density at radius 3 is 2.67 bits per heavy atom. The van der Waals surface area contributed by atoms with E-state index in [1.54, 1.807) is 0 Å². The second kappa shape index (κ2) is 7.83. The van der Waals surface area contributed by atoms with Crippen LogP contribution in [0.3, 0.4) is 0 Å². The Hall–Kier alpha value is 0.200. The summed E-state index contributed by atoms with van der Waals surface area (Å²) in [6, 6.07) is 0. The van der Waals surface area contributed by atoms with Crippen LogP contribution in [0.15, 0.2) is 0 Å². The number of esters is 1. The molecule has 3 heteroatoms. The molecule has 0 saturated carbocycles. The van der Waals surface area contributed by atoms with E-state index in [0.29, 0.717) is 6.61 Å². The average molecular weight is 284 g/mol. The molecular weight excluding hydrogens is 267 g/mol. The Kier molecular flexibility index (Phi) is 7.96. The van der Waals surface area contributed by atoms with Crippen molar-refractivity contribution in [3.05, 3.63) is 0 Å². The van der Waals surface area contributed by atoms with Gasteiger partial charge < -0.3 is 4.74 Å². The number of unbranched alkanes of at least 4 members (excludes halogenated alkanes) is 1. The first-order chi connectivity index (χ1) is 5.72. The molecule has 0 N–H and O–H groups in total. The number of alkyl halides is 1. The molecular formula is C9H17IO2. The van der Waals surface area contributed by atoms with Gasteiger partial charge in [0.1, 0.15) is 0 Å². The second-order valence-corrected chi connectivity index (χ2v) is 3.92. The van der Waals surface area contributed by atoms with Crippen LogP contribution < -0.4 is 0 Å². The molecule has 0 saturated heterocycles. The van der Waals surface area contributed by atoms with Crippen molar-refractivity contribution in [3.8, 4) is 0 Å². The van der Waals surface area contributed by atoms with Crippen molar-refractivity contribution in [1.29, 1.82) is 0 Å². The minimum Gasteiger partial charge on any atom is -0.466 e. The van der Waals surface area contributed by atoms with Gasteiger partial charge in [0.2, 0.25) is 0 Å². The van der Waals surface area contributed by atoms with E-state index in [1.165, 1.54) is 10.8 Å². The highest BCUT2D eigenvalue weighted by atomic mass is 127. The van der Waals surface area contributed by atoms with Crippen LogP contribution in [0.2, 0.25) is 0 Å². The predicted octanol–water partition coefficient (Wildman–Crippen LogP) is 2.79. The van der Waals surface area contributed by atoms with Gasteiger partial charge in [-0.1, -0.05) is 35.9 Å². The molecule has 0 amide bonds. The third-order valence-corrected chi connectivity index (χ3v) is 2.47. The topological polar surface area (TPSA) is 26.3 Å². The summed E-state index contributed by atoms with van der Waals surface area (Å²) in [7, 11) is 0. The van der Waals surface area contributed by atoms with Crippen molar-refractivity contribution in [2.24, 2.45) is 5.92 Å². The number of hydrogen-bond acceptors (Lipinski definition) is 2. The van der Waals surface area contributed by atoms with E-state index in [-0.39, 0.29) is 11.9 Å². The van der Waals surface area contributed by atoms with Gasteiger partial charge in [-0.05, 0) is 24.2 Å². The summed E-state index contributed by atoms with van der Waals surface area (Å²) in [4.78, 5) is 11.1. The number of carbonyl (C=O) groups excluding carboxylic acids is 1. The fraction of sp³-hybridized carbons (Fsp3) is 0.889. The maximum absolute atomic E-state index is 11.1.